The molecule has 0 bridgehead atoms. The van der Waals surface area contributed by atoms with E-state index in [1.54, 1.807) is 0 Å². The minimum Gasteiger partial charge on any atom is -0.450 e. The maximum Gasteiger partial charge on any atom is 0.340 e. The van der Waals surface area contributed by atoms with Crippen molar-refractivity contribution in [3.8, 4) is 0 Å². The van der Waals surface area contributed by atoms with Crippen LogP contribution in [0.25, 0.3) is 0 Å². The summed E-state index contributed by atoms with van der Waals surface area (Å²) in [6, 6.07) is 4.34. The second kappa shape index (κ2) is 7.61. The minimum atomic E-state index is -0.437. The number of benzene rings is 1. The van der Waals surface area contributed by atoms with Crippen LogP contribution in [0.4, 0.5) is 0 Å². The van der Waals surface area contributed by atoms with Crippen molar-refractivity contribution in [1.29, 1.82) is 0 Å². The second-order valence-corrected chi connectivity index (χ2v) is 9.36. The predicted octanol–water partition coefficient (Wildman–Crippen LogP) is 3.55. The summed E-state index contributed by atoms with van der Waals surface area (Å²) in [6.07, 6.45) is 3.59. The van der Waals surface area contributed by atoms with Gasteiger partial charge in [0.15, 0.2) is 5.60 Å². The molecule has 2 N–H and O–H groups in total. The van der Waals surface area contributed by atoms with E-state index in [1.165, 1.54) is 12.8 Å². The Labute approximate surface area is 166 Å². The molecule has 21 heavy (non-hydrogen) atoms. The molecule has 1 fully saturated rings. The Morgan fingerprint density at radius 2 is 2.00 bits per heavy atom. The Balaban J connectivity index is 2.17. The lowest BCUT2D eigenvalue weighted by Gasteiger charge is -2.34. The molecule has 6 heteroatoms. The van der Waals surface area contributed by atoms with E-state index in [4.69, 9.17) is 4.74 Å². The average Bonchev–Trinajstić information content (AvgIpc) is 2.43. The summed E-state index contributed by atoms with van der Waals surface area (Å²) in [5.41, 5.74) is 0.239. The molecule has 1 saturated heterocycles. The highest BCUT2D eigenvalue weighted by Gasteiger charge is 2.38. The number of carbonyl (C=O) groups excluding carboxylic acids is 1. The van der Waals surface area contributed by atoms with Crippen LogP contribution in [0.1, 0.15) is 43.5 Å². The molecule has 1 unspecified atom stereocenters. The fourth-order valence-corrected chi connectivity index (χ4v) is 5.03. The molecule has 1 aromatic rings. The van der Waals surface area contributed by atoms with Gasteiger partial charge in [-0.3, -0.25) is 0 Å². The van der Waals surface area contributed by atoms with E-state index in [1.807, 2.05) is 19.9 Å². The van der Waals surface area contributed by atoms with Crippen molar-refractivity contribution in [1.82, 2.24) is 0 Å². The zero-order valence-corrected chi connectivity index (χ0v) is 18.6. The Hall–Kier alpha value is 0.840. The third kappa shape index (κ3) is 4.66. The number of hydrogen-bond donors (Lipinski definition) is 1. The number of nitrogens with two attached hydrogens (primary N) is 1. The molecule has 0 saturated carbocycles. The highest BCUT2D eigenvalue weighted by molar-refractivity contribution is 14.1. The van der Waals surface area contributed by atoms with Gasteiger partial charge in [0, 0.05) is 17.1 Å². The van der Waals surface area contributed by atoms with Crippen molar-refractivity contribution in [2.75, 3.05) is 6.54 Å². The Kier molecular flexibility index (Phi) is 6.59. The van der Waals surface area contributed by atoms with Gasteiger partial charge >= 0.3 is 5.97 Å². The van der Waals surface area contributed by atoms with Crippen LogP contribution >= 0.6 is 67.8 Å². The van der Waals surface area contributed by atoms with Crippen LogP contribution in [0.15, 0.2) is 12.1 Å². The number of hydrogen-bond acceptors (Lipinski definition) is 2. The van der Waals surface area contributed by atoms with Gasteiger partial charge in [0.05, 0.1) is 12.1 Å². The average molecular weight is 626 g/mol. The van der Waals surface area contributed by atoms with Crippen molar-refractivity contribution in [2.45, 2.75) is 44.8 Å². The number of ether oxygens (including phenoxy) is 1. The Morgan fingerprint density at radius 3 is 2.62 bits per heavy atom. The second-order valence-electron chi connectivity index (χ2n) is 5.87. The first-order valence-electron chi connectivity index (χ1n) is 7.02. The number of piperidine rings is 1. The fourth-order valence-electron chi connectivity index (χ4n) is 2.65. The summed E-state index contributed by atoms with van der Waals surface area (Å²) < 4.78 is 9.00. The first-order valence-corrected chi connectivity index (χ1v) is 10.3. The van der Waals surface area contributed by atoms with Gasteiger partial charge in [0.25, 0.3) is 0 Å². The SMILES string of the molecule is CC(C)(OC(=O)c1cc(I)cc(I)c1I)C1CCCC[NH2+]1. The predicted molar refractivity (Wildman–Crippen MR) is 109 cm³/mol. The van der Waals surface area contributed by atoms with Crippen molar-refractivity contribution < 1.29 is 14.8 Å². The molecular weight excluding hydrogens is 607 g/mol. The molecule has 2 rings (SSSR count). The van der Waals surface area contributed by atoms with E-state index in [0.29, 0.717) is 11.6 Å². The van der Waals surface area contributed by atoms with E-state index in [0.717, 1.165) is 23.7 Å². The number of quaternary nitrogens is 1. The highest BCUT2D eigenvalue weighted by Crippen LogP contribution is 2.26. The molecule has 1 heterocycles. The molecular formula is C15H19I3NO2+. The Morgan fingerprint density at radius 1 is 1.29 bits per heavy atom. The van der Waals surface area contributed by atoms with Gasteiger partial charge in [-0.05, 0) is 107 Å². The minimum absolute atomic E-state index is 0.209. The number of carbonyl (C=O) groups is 1. The summed E-state index contributed by atoms with van der Waals surface area (Å²) in [5, 5.41) is 2.32. The maximum atomic E-state index is 12.6. The molecule has 116 valence electrons. The van der Waals surface area contributed by atoms with E-state index in [9.17, 15) is 4.79 Å². The number of esters is 1. The summed E-state index contributed by atoms with van der Waals surface area (Å²) in [7, 11) is 0. The van der Waals surface area contributed by atoms with Gasteiger partial charge in [-0.1, -0.05) is 0 Å². The molecule has 1 aliphatic rings. The lowest BCUT2D eigenvalue weighted by atomic mass is 9.91. The topological polar surface area (TPSA) is 42.9 Å². The normalized spacial score (nSPS) is 19.4. The molecule has 0 aromatic heterocycles. The molecule has 1 aliphatic heterocycles. The molecule has 3 nitrogen and oxygen atoms in total. The number of halogens is 3. The summed E-state index contributed by atoms with van der Waals surface area (Å²) >= 11 is 6.73. The summed E-state index contributed by atoms with van der Waals surface area (Å²) in [4.78, 5) is 12.6. The summed E-state index contributed by atoms with van der Waals surface area (Å²) in [5.74, 6) is -0.209. The molecule has 0 amide bonds. The van der Waals surface area contributed by atoms with Gasteiger partial charge in [-0.2, -0.15) is 0 Å². The molecule has 1 atom stereocenters. The van der Waals surface area contributed by atoms with E-state index >= 15 is 0 Å². The van der Waals surface area contributed by atoms with Crippen LogP contribution < -0.4 is 5.32 Å². The van der Waals surface area contributed by atoms with Gasteiger partial charge < -0.3 is 10.1 Å². The first kappa shape index (κ1) is 18.2. The van der Waals surface area contributed by atoms with Crippen molar-refractivity contribution in [2.24, 2.45) is 0 Å². The van der Waals surface area contributed by atoms with Gasteiger partial charge in [-0.25, -0.2) is 4.79 Å². The Bertz CT molecular complexity index is 540. The highest BCUT2D eigenvalue weighted by atomic mass is 127. The summed E-state index contributed by atoms with van der Waals surface area (Å²) in [6.45, 7) is 5.19. The van der Waals surface area contributed by atoms with Gasteiger partial charge in [0.1, 0.15) is 6.04 Å². The van der Waals surface area contributed by atoms with Gasteiger partial charge in [0.2, 0.25) is 0 Å². The van der Waals surface area contributed by atoms with E-state index in [2.05, 4.69) is 79.2 Å². The largest absolute Gasteiger partial charge is 0.450 e. The third-order valence-corrected chi connectivity index (χ3v) is 7.55. The maximum absolute atomic E-state index is 12.6. The molecule has 0 aliphatic carbocycles. The lowest BCUT2D eigenvalue weighted by molar-refractivity contribution is -0.709. The molecule has 0 radical (unpaired) electrons. The van der Waals surface area contributed by atoms with Crippen molar-refractivity contribution in [3.63, 3.8) is 0 Å². The fraction of sp³-hybridized carbons (Fsp3) is 0.533. The van der Waals surface area contributed by atoms with Crippen LogP contribution in [0.2, 0.25) is 0 Å². The smallest absolute Gasteiger partial charge is 0.340 e. The van der Waals surface area contributed by atoms with Crippen LogP contribution in [0.3, 0.4) is 0 Å². The molecule has 1 aromatic carbocycles. The number of rotatable bonds is 3. The van der Waals surface area contributed by atoms with Crippen molar-refractivity contribution >= 4 is 73.7 Å². The molecule has 0 spiro atoms. The van der Waals surface area contributed by atoms with Crippen molar-refractivity contribution in [3.05, 3.63) is 28.4 Å². The van der Waals surface area contributed by atoms with Crippen LogP contribution in [0.5, 0.6) is 0 Å². The van der Waals surface area contributed by atoms with E-state index in [-0.39, 0.29) is 5.97 Å². The zero-order valence-electron chi connectivity index (χ0n) is 12.1. The quantitative estimate of drug-likeness (QED) is 0.317. The third-order valence-electron chi connectivity index (χ3n) is 3.88. The van der Waals surface area contributed by atoms with Crippen LogP contribution in [0, 0.1) is 10.7 Å². The standard InChI is InChI=1S/C15H18I3NO2/c1-15(2,12-5-3-4-6-19-12)21-14(20)10-7-9(16)8-11(17)13(10)18/h7-8,12,19H,3-6H2,1-2H3/p+1. The zero-order chi connectivity index (χ0) is 15.6. The first-order chi connectivity index (χ1) is 9.81. The van der Waals surface area contributed by atoms with Gasteiger partial charge in [-0.15, -0.1) is 0 Å². The van der Waals surface area contributed by atoms with Crippen LogP contribution in [-0.4, -0.2) is 24.2 Å². The monoisotopic (exact) mass is 626 g/mol. The lowest BCUT2D eigenvalue weighted by Crippen LogP contribution is -2.95. The van der Waals surface area contributed by atoms with E-state index < -0.39 is 5.60 Å². The van der Waals surface area contributed by atoms with Crippen LogP contribution in [-0.2, 0) is 4.74 Å².